The Morgan fingerprint density at radius 1 is 1.31 bits per heavy atom. The van der Waals surface area contributed by atoms with Crippen molar-refractivity contribution in [2.75, 3.05) is 0 Å². The third-order valence-corrected chi connectivity index (χ3v) is 3.98. The molecule has 0 atom stereocenters. The Kier molecular flexibility index (Phi) is 2.67. The largest absolute Gasteiger partial charge is 0.334 e. The van der Waals surface area contributed by atoms with Crippen LogP contribution >= 0.6 is 10.7 Å². The smallest absolute Gasteiger partial charge is 0.261 e. The molecule has 0 unspecified atom stereocenters. The molecule has 1 aliphatic heterocycles. The Morgan fingerprint density at radius 2 is 1.94 bits per heavy atom. The first-order valence-corrected chi connectivity index (χ1v) is 7.01. The lowest BCUT2D eigenvalue weighted by Gasteiger charge is -2.10. The van der Waals surface area contributed by atoms with Crippen LogP contribution in [0.4, 0.5) is 0 Å². The van der Waals surface area contributed by atoms with Crippen LogP contribution < -0.4 is 0 Å². The number of benzene rings is 1. The molecule has 0 radical (unpaired) electrons. The van der Waals surface area contributed by atoms with Crippen LogP contribution in [0, 0.1) is 0 Å². The maximum Gasteiger partial charge on any atom is 0.261 e. The number of carbonyl (C=O) groups is 1. The monoisotopic (exact) mass is 259 g/mol. The Hall–Kier alpha value is -1.07. The fraction of sp³-hybridized carbons (Fsp3) is 0.300. The summed E-state index contributed by atoms with van der Waals surface area (Å²) in [6.45, 7) is 2.48. The van der Waals surface area contributed by atoms with Crippen LogP contribution in [0.15, 0.2) is 23.1 Å². The summed E-state index contributed by atoms with van der Waals surface area (Å²) in [6.07, 6.45) is 0. The van der Waals surface area contributed by atoms with Crippen LogP contribution in [0.1, 0.15) is 18.1 Å². The minimum absolute atomic E-state index is 0.0218. The molecule has 0 aliphatic carbocycles. The number of fused-ring (bicyclic) bond motifs is 1. The molecule has 0 saturated carbocycles. The summed E-state index contributed by atoms with van der Waals surface area (Å²) in [5.74, 6) is -0.0218. The zero-order valence-electron chi connectivity index (χ0n) is 8.60. The zero-order valence-corrected chi connectivity index (χ0v) is 10.2. The van der Waals surface area contributed by atoms with E-state index in [1.165, 1.54) is 19.1 Å². The van der Waals surface area contributed by atoms with Gasteiger partial charge in [0.2, 0.25) is 5.91 Å². The van der Waals surface area contributed by atoms with E-state index in [4.69, 9.17) is 10.7 Å². The first-order chi connectivity index (χ1) is 7.38. The van der Waals surface area contributed by atoms with Crippen LogP contribution in [-0.2, 0) is 26.9 Å². The van der Waals surface area contributed by atoms with Gasteiger partial charge in [0, 0.05) is 30.7 Å². The van der Waals surface area contributed by atoms with Gasteiger partial charge in [-0.25, -0.2) is 8.42 Å². The minimum atomic E-state index is -3.69. The summed E-state index contributed by atoms with van der Waals surface area (Å²) < 4.78 is 22.3. The lowest BCUT2D eigenvalue weighted by atomic mass is 10.1. The predicted octanol–water partition coefficient (Wildman–Crippen LogP) is 1.48. The van der Waals surface area contributed by atoms with Gasteiger partial charge in [-0.1, -0.05) is 6.07 Å². The van der Waals surface area contributed by atoms with Gasteiger partial charge in [0.1, 0.15) is 0 Å². The number of carbonyl (C=O) groups excluding carboxylic acids is 1. The SMILES string of the molecule is CC(=O)N1Cc2ccc(S(=O)(=O)Cl)cc2C1. The molecule has 0 aromatic heterocycles. The van der Waals surface area contributed by atoms with Crippen molar-refractivity contribution >= 4 is 25.6 Å². The Labute approximate surface area is 98.2 Å². The van der Waals surface area contributed by atoms with E-state index in [9.17, 15) is 13.2 Å². The second-order valence-corrected chi connectivity index (χ2v) is 6.31. The Bertz CT molecular complexity index is 553. The molecule has 4 nitrogen and oxygen atoms in total. The van der Waals surface area contributed by atoms with E-state index < -0.39 is 9.05 Å². The Balaban J connectivity index is 2.39. The van der Waals surface area contributed by atoms with E-state index in [-0.39, 0.29) is 10.8 Å². The van der Waals surface area contributed by atoms with Crippen LogP contribution in [0.3, 0.4) is 0 Å². The molecule has 16 heavy (non-hydrogen) atoms. The molecule has 0 N–H and O–H groups in total. The molecule has 1 aromatic rings. The number of nitrogens with zero attached hydrogens (tertiary/aromatic N) is 1. The highest BCUT2D eigenvalue weighted by atomic mass is 35.7. The van der Waals surface area contributed by atoms with E-state index in [0.717, 1.165) is 11.1 Å². The van der Waals surface area contributed by atoms with Crippen molar-refractivity contribution in [3.63, 3.8) is 0 Å². The third kappa shape index (κ3) is 2.05. The minimum Gasteiger partial charge on any atom is -0.334 e. The summed E-state index contributed by atoms with van der Waals surface area (Å²) >= 11 is 0. The number of amides is 1. The number of hydrogen-bond acceptors (Lipinski definition) is 3. The van der Waals surface area contributed by atoms with Gasteiger partial charge in [-0.3, -0.25) is 4.79 Å². The van der Waals surface area contributed by atoms with Gasteiger partial charge in [-0.05, 0) is 23.3 Å². The van der Waals surface area contributed by atoms with E-state index in [1.807, 2.05) is 0 Å². The summed E-state index contributed by atoms with van der Waals surface area (Å²) in [6, 6.07) is 4.69. The highest BCUT2D eigenvalue weighted by Gasteiger charge is 2.22. The fourth-order valence-corrected chi connectivity index (χ4v) is 2.55. The van der Waals surface area contributed by atoms with Gasteiger partial charge in [-0.15, -0.1) is 0 Å². The number of halogens is 1. The Morgan fingerprint density at radius 3 is 2.50 bits per heavy atom. The molecule has 2 rings (SSSR count). The van der Waals surface area contributed by atoms with Gasteiger partial charge in [0.15, 0.2) is 0 Å². The van der Waals surface area contributed by atoms with Crippen molar-refractivity contribution in [2.45, 2.75) is 24.9 Å². The van der Waals surface area contributed by atoms with Crippen molar-refractivity contribution < 1.29 is 13.2 Å². The molecule has 0 spiro atoms. The molecular weight excluding hydrogens is 250 g/mol. The van der Waals surface area contributed by atoms with Crippen molar-refractivity contribution in [3.05, 3.63) is 29.3 Å². The first kappa shape index (κ1) is 11.4. The maximum absolute atomic E-state index is 11.2. The average Bonchev–Trinajstić information content (AvgIpc) is 2.58. The summed E-state index contributed by atoms with van der Waals surface area (Å²) in [4.78, 5) is 12.9. The fourth-order valence-electron chi connectivity index (χ4n) is 1.75. The van der Waals surface area contributed by atoms with Crippen LogP contribution in [-0.4, -0.2) is 19.2 Å². The van der Waals surface area contributed by atoms with Crippen molar-refractivity contribution in [1.82, 2.24) is 4.90 Å². The summed E-state index contributed by atoms with van der Waals surface area (Å²) in [7, 11) is 1.56. The molecular formula is C10H10ClNO3S. The zero-order chi connectivity index (χ0) is 11.9. The summed E-state index contributed by atoms with van der Waals surface area (Å²) in [5, 5.41) is 0. The van der Waals surface area contributed by atoms with E-state index in [0.29, 0.717) is 13.1 Å². The number of hydrogen-bond donors (Lipinski definition) is 0. The molecule has 1 amide bonds. The predicted molar refractivity (Wildman–Crippen MR) is 59.4 cm³/mol. The molecule has 1 heterocycles. The second-order valence-electron chi connectivity index (χ2n) is 3.74. The summed E-state index contributed by atoms with van der Waals surface area (Å²) in [5.41, 5.74) is 1.82. The van der Waals surface area contributed by atoms with Gasteiger partial charge in [-0.2, -0.15) is 0 Å². The van der Waals surface area contributed by atoms with Gasteiger partial charge < -0.3 is 4.90 Å². The first-order valence-electron chi connectivity index (χ1n) is 4.70. The molecule has 86 valence electrons. The van der Waals surface area contributed by atoms with Gasteiger partial charge >= 0.3 is 0 Å². The van der Waals surface area contributed by atoms with E-state index in [1.54, 1.807) is 11.0 Å². The van der Waals surface area contributed by atoms with Crippen LogP contribution in [0.2, 0.25) is 0 Å². The average molecular weight is 260 g/mol. The molecule has 0 fully saturated rings. The van der Waals surface area contributed by atoms with Crippen molar-refractivity contribution in [2.24, 2.45) is 0 Å². The van der Waals surface area contributed by atoms with Crippen molar-refractivity contribution in [1.29, 1.82) is 0 Å². The van der Waals surface area contributed by atoms with Gasteiger partial charge in [0.05, 0.1) is 4.90 Å². The molecule has 0 saturated heterocycles. The van der Waals surface area contributed by atoms with Crippen LogP contribution in [0.5, 0.6) is 0 Å². The highest BCUT2D eigenvalue weighted by Crippen LogP contribution is 2.26. The molecule has 1 aromatic carbocycles. The van der Waals surface area contributed by atoms with Gasteiger partial charge in [0.25, 0.3) is 9.05 Å². The van der Waals surface area contributed by atoms with Crippen LogP contribution in [0.25, 0.3) is 0 Å². The molecule has 6 heteroatoms. The van der Waals surface area contributed by atoms with E-state index in [2.05, 4.69) is 0 Å². The second kappa shape index (κ2) is 3.75. The number of rotatable bonds is 1. The molecule has 0 bridgehead atoms. The lowest BCUT2D eigenvalue weighted by molar-refractivity contribution is -0.129. The topological polar surface area (TPSA) is 54.5 Å². The maximum atomic E-state index is 11.2. The highest BCUT2D eigenvalue weighted by molar-refractivity contribution is 8.13. The third-order valence-electron chi connectivity index (χ3n) is 2.63. The molecule has 1 aliphatic rings. The van der Waals surface area contributed by atoms with Crippen molar-refractivity contribution in [3.8, 4) is 0 Å². The quantitative estimate of drug-likeness (QED) is 0.718. The lowest BCUT2D eigenvalue weighted by Crippen LogP contribution is -2.21. The normalized spacial score (nSPS) is 15.0. The standard InChI is InChI=1S/C10H10ClNO3S/c1-7(13)12-5-8-2-3-10(16(11,14)15)4-9(8)6-12/h2-4H,5-6H2,1H3. The van der Waals surface area contributed by atoms with E-state index >= 15 is 0 Å².